The maximum absolute atomic E-state index is 8.77. The van der Waals surface area contributed by atoms with Crippen LogP contribution in [0.1, 0.15) is 45.1 Å². The fourth-order valence-corrected chi connectivity index (χ4v) is 3.12. The summed E-state index contributed by atoms with van der Waals surface area (Å²) in [6.45, 7) is 9.41. The van der Waals surface area contributed by atoms with E-state index in [4.69, 9.17) is 9.84 Å². The molecule has 0 spiro atoms. The molecule has 1 aliphatic rings. The summed E-state index contributed by atoms with van der Waals surface area (Å²) in [4.78, 5) is 2.60. The third-order valence-corrected chi connectivity index (χ3v) is 4.37. The van der Waals surface area contributed by atoms with E-state index in [9.17, 15) is 0 Å². The van der Waals surface area contributed by atoms with Crippen LogP contribution >= 0.6 is 24.8 Å². The van der Waals surface area contributed by atoms with Crippen LogP contribution < -0.4 is 10.1 Å². The first kappa shape index (κ1) is 24.5. The molecule has 0 aromatic heterocycles. The van der Waals surface area contributed by atoms with Crippen LogP contribution in [0.2, 0.25) is 0 Å². The van der Waals surface area contributed by atoms with Gasteiger partial charge in [0.2, 0.25) is 0 Å². The predicted molar refractivity (Wildman–Crippen MR) is 109 cm³/mol. The second kappa shape index (κ2) is 12.8. The molecule has 146 valence electrons. The highest BCUT2D eigenvalue weighted by molar-refractivity contribution is 5.85. The quantitative estimate of drug-likeness (QED) is 0.708. The number of nitrogens with one attached hydrogen (secondary N) is 1. The van der Waals surface area contributed by atoms with Crippen molar-refractivity contribution in [3.05, 3.63) is 29.8 Å². The van der Waals surface area contributed by atoms with Crippen LogP contribution in [0.25, 0.3) is 0 Å². The molecular weight excluding hydrogens is 359 g/mol. The summed E-state index contributed by atoms with van der Waals surface area (Å²) in [5.74, 6) is 0.812. The fraction of sp³-hybridized carbons (Fsp3) is 0.684. The number of aliphatic hydroxyl groups is 1. The summed E-state index contributed by atoms with van der Waals surface area (Å²) in [5.41, 5.74) is 1.36. The SMILES string of the molecule is CC(C)(CN1CCCCCC1)NCc1ccc(OCCO)cc1.Cl.Cl. The highest BCUT2D eigenvalue weighted by atomic mass is 35.5. The molecule has 1 fully saturated rings. The second-order valence-corrected chi connectivity index (χ2v) is 7.14. The largest absolute Gasteiger partial charge is 0.491 e. The molecule has 4 nitrogen and oxygen atoms in total. The van der Waals surface area contributed by atoms with Crippen molar-refractivity contribution in [2.24, 2.45) is 0 Å². The smallest absolute Gasteiger partial charge is 0.119 e. The van der Waals surface area contributed by atoms with E-state index in [-0.39, 0.29) is 37.0 Å². The number of rotatable bonds is 8. The Balaban J connectivity index is 0.00000288. The molecule has 1 heterocycles. The Labute approximate surface area is 165 Å². The number of benzene rings is 1. The molecule has 1 aromatic rings. The van der Waals surface area contributed by atoms with E-state index >= 15 is 0 Å². The molecule has 0 bridgehead atoms. The van der Waals surface area contributed by atoms with Crippen LogP contribution in [-0.2, 0) is 6.54 Å². The number of hydrogen-bond acceptors (Lipinski definition) is 4. The molecule has 0 radical (unpaired) electrons. The van der Waals surface area contributed by atoms with Crippen molar-refractivity contribution in [1.82, 2.24) is 10.2 Å². The van der Waals surface area contributed by atoms with Gasteiger partial charge in [-0.25, -0.2) is 0 Å². The van der Waals surface area contributed by atoms with E-state index < -0.39 is 0 Å². The van der Waals surface area contributed by atoms with Gasteiger partial charge >= 0.3 is 0 Å². The summed E-state index contributed by atoms with van der Waals surface area (Å²) >= 11 is 0. The Hall–Kier alpha value is -0.520. The molecule has 0 saturated carbocycles. The van der Waals surface area contributed by atoms with E-state index in [0.717, 1.165) is 18.8 Å². The van der Waals surface area contributed by atoms with Crippen molar-refractivity contribution in [1.29, 1.82) is 0 Å². The van der Waals surface area contributed by atoms with Crippen LogP contribution in [0.5, 0.6) is 5.75 Å². The van der Waals surface area contributed by atoms with Crippen molar-refractivity contribution < 1.29 is 9.84 Å². The lowest BCUT2D eigenvalue weighted by atomic mass is 10.0. The Morgan fingerprint density at radius 2 is 1.64 bits per heavy atom. The van der Waals surface area contributed by atoms with E-state index in [1.165, 1.54) is 44.3 Å². The third kappa shape index (κ3) is 9.66. The normalized spacial score (nSPS) is 15.6. The maximum atomic E-state index is 8.77. The summed E-state index contributed by atoms with van der Waals surface area (Å²) in [7, 11) is 0. The number of nitrogens with zero attached hydrogens (tertiary/aromatic N) is 1. The summed E-state index contributed by atoms with van der Waals surface area (Å²) in [6, 6.07) is 8.10. The van der Waals surface area contributed by atoms with Gasteiger partial charge in [0, 0.05) is 18.6 Å². The van der Waals surface area contributed by atoms with Crippen LogP contribution in [0, 0.1) is 0 Å². The molecule has 0 amide bonds. The number of halogens is 2. The van der Waals surface area contributed by atoms with Gasteiger partial charge in [-0.2, -0.15) is 0 Å². The Morgan fingerprint density at radius 3 is 2.20 bits per heavy atom. The van der Waals surface area contributed by atoms with Crippen molar-refractivity contribution in [2.45, 2.75) is 51.6 Å². The molecule has 25 heavy (non-hydrogen) atoms. The van der Waals surface area contributed by atoms with Gasteiger partial charge in [0.05, 0.1) is 6.61 Å². The van der Waals surface area contributed by atoms with Crippen molar-refractivity contribution >= 4 is 24.8 Å². The molecular formula is C19H34Cl2N2O2. The van der Waals surface area contributed by atoms with Crippen molar-refractivity contribution in [3.63, 3.8) is 0 Å². The average molecular weight is 393 g/mol. The molecule has 6 heteroatoms. The van der Waals surface area contributed by atoms with Crippen LogP contribution in [0.3, 0.4) is 0 Å². The van der Waals surface area contributed by atoms with Crippen molar-refractivity contribution in [2.75, 3.05) is 32.8 Å². The Bertz CT molecular complexity index is 447. The third-order valence-electron chi connectivity index (χ3n) is 4.37. The summed E-state index contributed by atoms with van der Waals surface area (Å²) < 4.78 is 5.39. The lowest BCUT2D eigenvalue weighted by Gasteiger charge is -2.33. The van der Waals surface area contributed by atoms with Crippen LogP contribution in [0.4, 0.5) is 0 Å². The van der Waals surface area contributed by atoms with Gasteiger partial charge in [-0.05, 0) is 57.5 Å². The molecule has 1 saturated heterocycles. The minimum Gasteiger partial charge on any atom is -0.491 e. The van der Waals surface area contributed by atoms with Gasteiger partial charge in [0.25, 0.3) is 0 Å². The highest BCUT2D eigenvalue weighted by Crippen LogP contribution is 2.15. The number of aliphatic hydroxyl groups excluding tert-OH is 1. The van der Waals surface area contributed by atoms with E-state index in [1.54, 1.807) is 0 Å². The molecule has 0 aliphatic carbocycles. The first-order valence-electron chi connectivity index (χ1n) is 8.89. The zero-order chi connectivity index (χ0) is 16.5. The van der Waals surface area contributed by atoms with E-state index in [2.05, 4.69) is 36.2 Å². The van der Waals surface area contributed by atoms with Crippen LogP contribution in [-0.4, -0.2) is 48.4 Å². The minimum absolute atomic E-state index is 0. The Kier molecular flexibility index (Phi) is 12.5. The minimum atomic E-state index is 0. The maximum Gasteiger partial charge on any atom is 0.119 e. The van der Waals surface area contributed by atoms with Gasteiger partial charge in [-0.1, -0.05) is 25.0 Å². The van der Waals surface area contributed by atoms with Gasteiger partial charge in [-0.3, -0.25) is 0 Å². The number of likely N-dealkylation sites (tertiary alicyclic amines) is 1. The van der Waals surface area contributed by atoms with E-state index in [0.29, 0.717) is 6.61 Å². The second-order valence-electron chi connectivity index (χ2n) is 7.14. The lowest BCUT2D eigenvalue weighted by Crippen LogP contribution is -2.49. The first-order chi connectivity index (χ1) is 11.1. The summed E-state index contributed by atoms with van der Waals surface area (Å²) in [6.07, 6.45) is 5.45. The topological polar surface area (TPSA) is 44.7 Å². The predicted octanol–water partition coefficient (Wildman–Crippen LogP) is 3.65. The van der Waals surface area contributed by atoms with Gasteiger partial charge < -0.3 is 20.1 Å². The number of ether oxygens (including phenoxy) is 1. The van der Waals surface area contributed by atoms with Crippen LogP contribution in [0.15, 0.2) is 24.3 Å². The first-order valence-corrected chi connectivity index (χ1v) is 8.89. The zero-order valence-corrected chi connectivity index (χ0v) is 17.1. The van der Waals surface area contributed by atoms with Crippen molar-refractivity contribution in [3.8, 4) is 5.75 Å². The fourth-order valence-electron chi connectivity index (χ4n) is 3.12. The highest BCUT2D eigenvalue weighted by Gasteiger charge is 2.21. The molecule has 2 rings (SSSR count). The number of hydrogen-bond donors (Lipinski definition) is 2. The Morgan fingerprint density at radius 1 is 1.04 bits per heavy atom. The summed E-state index contributed by atoms with van der Waals surface area (Å²) in [5, 5.41) is 12.5. The van der Waals surface area contributed by atoms with Gasteiger partial charge in [0.1, 0.15) is 12.4 Å². The molecule has 1 aromatic carbocycles. The molecule has 0 atom stereocenters. The molecule has 2 N–H and O–H groups in total. The lowest BCUT2D eigenvalue weighted by molar-refractivity contribution is 0.201. The van der Waals surface area contributed by atoms with Gasteiger partial charge in [0.15, 0.2) is 0 Å². The van der Waals surface area contributed by atoms with Gasteiger partial charge in [-0.15, -0.1) is 24.8 Å². The standard InChI is InChI=1S/C19H32N2O2.2ClH/c1-19(2,16-21-11-5-3-4-6-12-21)20-15-17-7-9-18(10-8-17)23-14-13-22;;/h7-10,20,22H,3-6,11-16H2,1-2H3;2*1H. The average Bonchev–Trinajstić information content (AvgIpc) is 2.80. The molecule has 1 aliphatic heterocycles. The zero-order valence-electron chi connectivity index (χ0n) is 15.5. The monoisotopic (exact) mass is 392 g/mol. The van der Waals surface area contributed by atoms with E-state index in [1.807, 2.05) is 12.1 Å². The molecule has 0 unspecified atom stereocenters.